The SMILES string of the molecule is O=C(O)CCCCCSc1nccc(=O)[nH]1. The van der Waals surface area contributed by atoms with Crippen molar-refractivity contribution >= 4 is 17.7 Å². The Bertz CT molecular complexity index is 392. The van der Waals surface area contributed by atoms with Crippen molar-refractivity contribution in [3.8, 4) is 0 Å². The van der Waals surface area contributed by atoms with Crippen LogP contribution in [0, 0.1) is 0 Å². The van der Waals surface area contributed by atoms with Gasteiger partial charge in [0.2, 0.25) is 0 Å². The van der Waals surface area contributed by atoms with Gasteiger partial charge in [0.15, 0.2) is 5.16 Å². The molecular formula is C10H14N2O3S. The fraction of sp³-hybridized carbons (Fsp3) is 0.500. The largest absolute Gasteiger partial charge is 0.481 e. The first-order chi connectivity index (χ1) is 7.68. The average Bonchev–Trinajstić information content (AvgIpc) is 2.23. The number of nitrogens with zero attached hydrogens (tertiary/aromatic N) is 1. The van der Waals surface area contributed by atoms with Gasteiger partial charge in [-0.25, -0.2) is 4.98 Å². The summed E-state index contributed by atoms with van der Waals surface area (Å²) >= 11 is 1.48. The molecule has 0 atom stereocenters. The molecule has 16 heavy (non-hydrogen) atoms. The number of carboxylic acid groups (broad SMARTS) is 1. The summed E-state index contributed by atoms with van der Waals surface area (Å²) in [6.07, 6.45) is 4.22. The fourth-order valence-electron chi connectivity index (χ4n) is 1.15. The van der Waals surface area contributed by atoms with E-state index in [2.05, 4.69) is 9.97 Å². The van der Waals surface area contributed by atoms with E-state index in [-0.39, 0.29) is 12.0 Å². The smallest absolute Gasteiger partial charge is 0.303 e. The standard InChI is InChI=1S/C10H14N2O3S/c13-8-5-6-11-10(12-8)16-7-3-1-2-4-9(14)15/h5-6H,1-4,7H2,(H,14,15)(H,11,12,13). The lowest BCUT2D eigenvalue weighted by Gasteiger charge is -1.99. The number of nitrogens with one attached hydrogen (secondary N) is 1. The van der Waals surface area contributed by atoms with Crippen LogP contribution in [-0.2, 0) is 4.79 Å². The molecule has 0 aliphatic heterocycles. The molecule has 0 spiro atoms. The Labute approximate surface area is 97.3 Å². The predicted octanol–water partition coefficient (Wildman–Crippen LogP) is 1.51. The van der Waals surface area contributed by atoms with E-state index in [1.807, 2.05) is 0 Å². The molecule has 0 unspecified atom stereocenters. The highest BCUT2D eigenvalue weighted by atomic mass is 32.2. The monoisotopic (exact) mass is 242 g/mol. The molecule has 1 aromatic rings. The summed E-state index contributed by atoms with van der Waals surface area (Å²) in [6, 6.07) is 1.37. The van der Waals surface area contributed by atoms with E-state index in [4.69, 9.17) is 5.11 Å². The molecule has 0 saturated heterocycles. The third-order valence-electron chi connectivity index (χ3n) is 1.92. The third-order valence-corrected chi connectivity index (χ3v) is 2.90. The predicted molar refractivity (Wildman–Crippen MR) is 61.7 cm³/mol. The number of unbranched alkanes of at least 4 members (excludes halogenated alkanes) is 2. The topological polar surface area (TPSA) is 83.0 Å². The van der Waals surface area contributed by atoms with Gasteiger partial charge in [-0.1, -0.05) is 18.2 Å². The number of aromatic amines is 1. The highest BCUT2D eigenvalue weighted by Crippen LogP contribution is 2.13. The van der Waals surface area contributed by atoms with Crippen LogP contribution in [0.2, 0.25) is 0 Å². The Hall–Kier alpha value is -1.30. The molecule has 0 saturated carbocycles. The fourth-order valence-corrected chi connectivity index (χ4v) is 2.00. The molecule has 0 aliphatic rings. The van der Waals surface area contributed by atoms with Crippen LogP contribution in [-0.4, -0.2) is 26.8 Å². The normalized spacial score (nSPS) is 10.2. The van der Waals surface area contributed by atoms with Crippen molar-refractivity contribution in [3.05, 3.63) is 22.6 Å². The molecule has 0 radical (unpaired) electrons. The first-order valence-corrected chi connectivity index (χ1v) is 6.07. The molecule has 0 aromatic carbocycles. The maximum absolute atomic E-state index is 10.9. The van der Waals surface area contributed by atoms with Gasteiger partial charge in [-0.3, -0.25) is 9.59 Å². The molecule has 1 heterocycles. The number of aliphatic carboxylic acids is 1. The Morgan fingerprint density at radius 3 is 2.94 bits per heavy atom. The minimum absolute atomic E-state index is 0.150. The summed E-state index contributed by atoms with van der Waals surface area (Å²) < 4.78 is 0. The molecule has 1 rings (SSSR count). The van der Waals surface area contributed by atoms with Gasteiger partial charge < -0.3 is 10.1 Å². The van der Waals surface area contributed by atoms with Crippen molar-refractivity contribution in [1.29, 1.82) is 0 Å². The van der Waals surface area contributed by atoms with Crippen LogP contribution in [0.25, 0.3) is 0 Å². The van der Waals surface area contributed by atoms with Crippen molar-refractivity contribution in [3.63, 3.8) is 0 Å². The van der Waals surface area contributed by atoms with Crippen LogP contribution in [0.4, 0.5) is 0 Å². The first kappa shape index (κ1) is 12.8. The molecule has 1 aromatic heterocycles. The van der Waals surface area contributed by atoms with E-state index in [9.17, 15) is 9.59 Å². The highest BCUT2D eigenvalue weighted by Gasteiger charge is 1.98. The summed E-state index contributed by atoms with van der Waals surface area (Å²) in [7, 11) is 0. The number of rotatable bonds is 7. The molecule has 0 bridgehead atoms. The molecule has 2 N–H and O–H groups in total. The van der Waals surface area contributed by atoms with Gasteiger partial charge in [-0.05, 0) is 12.8 Å². The van der Waals surface area contributed by atoms with E-state index >= 15 is 0 Å². The van der Waals surface area contributed by atoms with Gasteiger partial charge in [0.05, 0.1) is 0 Å². The molecular weight excluding hydrogens is 228 g/mol. The Kier molecular flexibility index (Phi) is 5.63. The Morgan fingerprint density at radius 2 is 2.25 bits per heavy atom. The Balaban J connectivity index is 2.12. The molecule has 0 amide bonds. The van der Waals surface area contributed by atoms with E-state index < -0.39 is 5.97 Å². The summed E-state index contributed by atoms with van der Waals surface area (Å²) in [5.74, 6) is 0.0914. The zero-order valence-electron chi connectivity index (χ0n) is 8.81. The Morgan fingerprint density at radius 1 is 1.44 bits per heavy atom. The van der Waals surface area contributed by atoms with Gasteiger partial charge >= 0.3 is 5.97 Å². The van der Waals surface area contributed by atoms with Crippen LogP contribution >= 0.6 is 11.8 Å². The second-order valence-corrected chi connectivity index (χ2v) is 4.38. The number of carboxylic acids is 1. The lowest BCUT2D eigenvalue weighted by molar-refractivity contribution is -0.137. The van der Waals surface area contributed by atoms with Crippen molar-refractivity contribution < 1.29 is 9.90 Å². The average molecular weight is 242 g/mol. The van der Waals surface area contributed by atoms with E-state index in [0.29, 0.717) is 11.6 Å². The van der Waals surface area contributed by atoms with Gasteiger partial charge in [0.25, 0.3) is 5.56 Å². The molecule has 88 valence electrons. The zero-order valence-corrected chi connectivity index (χ0v) is 9.63. The number of carbonyl (C=O) groups is 1. The van der Waals surface area contributed by atoms with Crippen molar-refractivity contribution in [2.75, 3.05) is 5.75 Å². The lowest BCUT2D eigenvalue weighted by atomic mass is 10.2. The van der Waals surface area contributed by atoms with E-state index in [0.717, 1.165) is 18.6 Å². The second kappa shape index (κ2) is 7.05. The molecule has 5 nitrogen and oxygen atoms in total. The van der Waals surface area contributed by atoms with Gasteiger partial charge in [0.1, 0.15) is 0 Å². The van der Waals surface area contributed by atoms with E-state index in [1.54, 1.807) is 0 Å². The summed E-state index contributed by atoms with van der Waals surface area (Å²) in [6.45, 7) is 0. The first-order valence-electron chi connectivity index (χ1n) is 5.08. The number of thioether (sulfide) groups is 1. The summed E-state index contributed by atoms with van der Waals surface area (Å²) in [4.78, 5) is 27.8. The van der Waals surface area contributed by atoms with Crippen molar-refractivity contribution in [2.45, 2.75) is 30.8 Å². The quantitative estimate of drug-likeness (QED) is 0.430. The number of hydrogen-bond acceptors (Lipinski definition) is 4. The number of H-pyrrole nitrogens is 1. The van der Waals surface area contributed by atoms with E-state index in [1.165, 1.54) is 24.0 Å². The summed E-state index contributed by atoms with van der Waals surface area (Å²) in [5, 5.41) is 9.04. The number of hydrogen-bond donors (Lipinski definition) is 2. The van der Waals surface area contributed by atoms with Crippen LogP contribution in [0.3, 0.4) is 0 Å². The van der Waals surface area contributed by atoms with Gasteiger partial charge in [-0.2, -0.15) is 0 Å². The zero-order chi connectivity index (χ0) is 11.8. The van der Waals surface area contributed by atoms with Crippen LogP contribution in [0.15, 0.2) is 22.2 Å². The summed E-state index contributed by atoms with van der Waals surface area (Å²) in [5.41, 5.74) is -0.150. The van der Waals surface area contributed by atoms with Crippen molar-refractivity contribution in [2.24, 2.45) is 0 Å². The minimum atomic E-state index is -0.748. The molecule has 0 aliphatic carbocycles. The third kappa shape index (κ3) is 5.55. The van der Waals surface area contributed by atoms with Crippen LogP contribution in [0.1, 0.15) is 25.7 Å². The van der Waals surface area contributed by atoms with Crippen molar-refractivity contribution in [1.82, 2.24) is 9.97 Å². The molecule has 0 fully saturated rings. The minimum Gasteiger partial charge on any atom is -0.481 e. The highest BCUT2D eigenvalue weighted by molar-refractivity contribution is 7.99. The van der Waals surface area contributed by atoms with Crippen LogP contribution < -0.4 is 5.56 Å². The van der Waals surface area contributed by atoms with Gasteiger partial charge in [0, 0.05) is 24.4 Å². The van der Waals surface area contributed by atoms with Gasteiger partial charge in [-0.15, -0.1) is 0 Å². The maximum atomic E-state index is 10.9. The lowest BCUT2D eigenvalue weighted by Crippen LogP contribution is -2.05. The number of aromatic nitrogens is 2. The second-order valence-electron chi connectivity index (χ2n) is 3.29. The molecule has 6 heteroatoms. The maximum Gasteiger partial charge on any atom is 0.303 e. The van der Waals surface area contributed by atoms with Crippen LogP contribution in [0.5, 0.6) is 0 Å².